The summed E-state index contributed by atoms with van der Waals surface area (Å²) in [6.45, 7) is 7.35. The van der Waals surface area contributed by atoms with Gasteiger partial charge >= 0.3 is 0 Å². The molecule has 0 radical (unpaired) electrons. The lowest BCUT2D eigenvalue weighted by Crippen LogP contribution is -2.44. The third-order valence-corrected chi connectivity index (χ3v) is 5.36. The number of carbonyl (C=O) groups excluding carboxylic acids is 1. The number of rotatable bonds is 12. The zero-order valence-corrected chi connectivity index (χ0v) is 19.1. The Kier molecular flexibility index (Phi) is 9.65. The Bertz CT molecular complexity index is 821. The van der Waals surface area contributed by atoms with Crippen LogP contribution in [-0.2, 0) is 9.53 Å². The first-order valence-electron chi connectivity index (χ1n) is 11.3. The van der Waals surface area contributed by atoms with E-state index in [1.165, 1.54) is 0 Å². The number of hydrogen-bond donors (Lipinski definition) is 0. The van der Waals surface area contributed by atoms with Crippen molar-refractivity contribution in [2.24, 2.45) is 0 Å². The Balaban J connectivity index is 1.60. The average molecular weight is 443 g/mol. The van der Waals surface area contributed by atoms with Gasteiger partial charge in [0.2, 0.25) is 0 Å². The molecular formula is C25H34N2O5. The van der Waals surface area contributed by atoms with Crippen LogP contribution in [0.3, 0.4) is 0 Å². The predicted octanol–water partition coefficient (Wildman–Crippen LogP) is 3.62. The summed E-state index contributed by atoms with van der Waals surface area (Å²) in [5, 5.41) is 0. The van der Waals surface area contributed by atoms with Crippen molar-refractivity contribution in [2.45, 2.75) is 19.8 Å². The fraction of sp³-hybridized carbons (Fsp3) is 0.480. The smallest absolute Gasteiger partial charge is 0.264 e. The lowest BCUT2D eigenvalue weighted by atomic mass is 10.2. The highest BCUT2D eigenvalue weighted by Crippen LogP contribution is 2.22. The SMILES string of the molecule is CCCCOc1ccc(OCC(=O)N(CCN2CCOCC2)c2cccc(OC)c2)cc1. The molecule has 2 aromatic rings. The van der Waals surface area contributed by atoms with E-state index >= 15 is 0 Å². The molecule has 32 heavy (non-hydrogen) atoms. The molecule has 0 N–H and O–H groups in total. The van der Waals surface area contributed by atoms with E-state index in [1.807, 2.05) is 48.5 Å². The van der Waals surface area contributed by atoms with E-state index in [2.05, 4.69) is 11.8 Å². The summed E-state index contributed by atoms with van der Waals surface area (Å²) in [6, 6.07) is 15.0. The Morgan fingerprint density at radius 1 is 1.03 bits per heavy atom. The van der Waals surface area contributed by atoms with Gasteiger partial charge in [0, 0.05) is 37.9 Å². The number of unbranched alkanes of at least 4 members (excludes halogenated alkanes) is 1. The molecule has 7 heteroatoms. The summed E-state index contributed by atoms with van der Waals surface area (Å²) < 4.78 is 22.2. The number of anilines is 1. The van der Waals surface area contributed by atoms with Crippen LogP contribution in [0.15, 0.2) is 48.5 Å². The van der Waals surface area contributed by atoms with Crippen molar-refractivity contribution in [1.29, 1.82) is 0 Å². The van der Waals surface area contributed by atoms with Crippen LogP contribution in [0.4, 0.5) is 5.69 Å². The molecule has 1 aliphatic rings. The summed E-state index contributed by atoms with van der Waals surface area (Å²) in [5.41, 5.74) is 0.797. The zero-order valence-electron chi connectivity index (χ0n) is 19.1. The number of nitrogens with zero attached hydrogens (tertiary/aromatic N) is 2. The van der Waals surface area contributed by atoms with Crippen LogP contribution in [-0.4, -0.2) is 70.5 Å². The molecule has 0 aliphatic carbocycles. The monoisotopic (exact) mass is 442 g/mol. The molecule has 7 nitrogen and oxygen atoms in total. The molecule has 174 valence electrons. The van der Waals surface area contributed by atoms with Crippen molar-refractivity contribution >= 4 is 11.6 Å². The quantitative estimate of drug-likeness (QED) is 0.468. The first kappa shape index (κ1) is 23.9. The Morgan fingerprint density at radius 3 is 2.44 bits per heavy atom. The molecule has 2 aromatic carbocycles. The third-order valence-electron chi connectivity index (χ3n) is 5.36. The van der Waals surface area contributed by atoms with E-state index in [-0.39, 0.29) is 12.5 Å². The largest absolute Gasteiger partial charge is 0.497 e. The van der Waals surface area contributed by atoms with Crippen molar-refractivity contribution in [3.05, 3.63) is 48.5 Å². The van der Waals surface area contributed by atoms with Crippen LogP contribution < -0.4 is 19.1 Å². The van der Waals surface area contributed by atoms with Gasteiger partial charge in [-0.05, 0) is 42.8 Å². The molecule has 1 fully saturated rings. The van der Waals surface area contributed by atoms with Crippen molar-refractivity contribution in [3.8, 4) is 17.2 Å². The number of carbonyl (C=O) groups is 1. The number of methoxy groups -OCH3 is 1. The van der Waals surface area contributed by atoms with E-state index < -0.39 is 0 Å². The molecule has 0 saturated carbocycles. The zero-order chi connectivity index (χ0) is 22.6. The molecule has 0 unspecified atom stereocenters. The number of amides is 1. The number of benzene rings is 2. The first-order valence-corrected chi connectivity index (χ1v) is 11.3. The van der Waals surface area contributed by atoms with Gasteiger partial charge in [0.15, 0.2) is 6.61 Å². The number of hydrogen-bond acceptors (Lipinski definition) is 6. The van der Waals surface area contributed by atoms with Crippen molar-refractivity contribution in [1.82, 2.24) is 4.90 Å². The highest BCUT2D eigenvalue weighted by Gasteiger charge is 2.19. The highest BCUT2D eigenvalue weighted by molar-refractivity contribution is 5.94. The second kappa shape index (κ2) is 12.9. The van der Waals surface area contributed by atoms with Gasteiger partial charge in [0.05, 0.1) is 26.9 Å². The summed E-state index contributed by atoms with van der Waals surface area (Å²) in [5.74, 6) is 2.06. The fourth-order valence-corrected chi connectivity index (χ4v) is 3.43. The van der Waals surface area contributed by atoms with Gasteiger partial charge in [-0.1, -0.05) is 19.4 Å². The fourth-order valence-electron chi connectivity index (χ4n) is 3.43. The Labute approximate surface area is 190 Å². The number of morpholine rings is 1. The maximum Gasteiger partial charge on any atom is 0.264 e. The van der Waals surface area contributed by atoms with Crippen LogP contribution in [0, 0.1) is 0 Å². The van der Waals surface area contributed by atoms with Crippen molar-refractivity contribution in [3.63, 3.8) is 0 Å². The summed E-state index contributed by atoms with van der Waals surface area (Å²) >= 11 is 0. The molecule has 1 saturated heterocycles. The first-order chi connectivity index (χ1) is 15.7. The normalized spacial score (nSPS) is 14.1. The topological polar surface area (TPSA) is 60.5 Å². The molecule has 0 spiro atoms. The van der Waals surface area contributed by atoms with Crippen LogP contribution >= 0.6 is 0 Å². The highest BCUT2D eigenvalue weighted by atomic mass is 16.5. The van der Waals surface area contributed by atoms with Crippen LogP contribution in [0.2, 0.25) is 0 Å². The van der Waals surface area contributed by atoms with Crippen LogP contribution in [0.1, 0.15) is 19.8 Å². The molecule has 0 atom stereocenters. The molecule has 3 rings (SSSR count). The van der Waals surface area contributed by atoms with Crippen molar-refractivity contribution in [2.75, 3.05) is 64.6 Å². The van der Waals surface area contributed by atoms with Gasteiger partial charge in [-0.2, -0.15) is 0 Å². The van der Waals surface area contributed by atoms with Gasteiger partial charge in [-0.25, -0.2) is 0 Å². The van der Waals surface area contributed by atoms with E-state index in [1.54, 1.807) is 12.0 Å². The summed E-state index contributed by atoms with van der Waals surface area (Å²) in [4.78, 5) is 17.2. The maximum atomic E-state index is 13.1. The number of ether oxygens (including phenoxy) is 4. The minimum Gasteiger partial charge on any atom is -0.497 e. The Morgan fingerprint density at radius 2 is 1.75 bits per heavy atom. The van der Waals surface area contributed by atoms with Gasteiger partial charge in [0.1, 0.15) is 17.2 Å². The van der Waals surface area contributed by atoms with E-state index in [0.717, 1.165) is 57.1 Å². The standard InChI is InChI=1S/C25H34N2O5/c1-3-4-16-31-22-8-10-23(11-9-22)32-20-25(28)27(13-12-26-14-17-30-18-15-26)21-6-5-7-24(19-21)29-2/h5-11,19H,3-4,12-18,20H2,1-2H3. The average Bonchev–Trinajstić information content (AvgIpc) is 2.84. The molecule has 1 heterocycles. The lowest BCUT2D eigenvalue weighted by molar-refractivity contribution is -0.120. The van der Waals surface area contributed by atoms with Gasteiger partial charge in [-0.3, -0.25) is 9.69 Å². The van der Waals surface area contributed by atoms with E-state index in [9.17, 15) is 4.79 Å². The minimum absolute atomic E-state index is 0.0453. The van der Waals surface area contributed by atoms with E-state index in [4.69, 9.17) is 18.9 Å². The van der Waals surface area contributed by atoms with Gasteiger partial charge in [-0.15, -0.1) is 0 Å². The molecule has 0 aromatic heterocycles. The molecular weight excluding hydrogens is 408 g/mol. The third kappa shape index (κ3) is 7.43. The van der Waals surface area contributed by atoms with Crippen LogP contribution in [0.25, 0.3) is 0 Å². The summed E-state index contributed by atoms with van der Waals surface area (Å²) in [7, 11) is 1.62. The Hall–Kier alpha value is -2.77. The second-order valence-corrected chi connectivity index (χ2v) is 7.66. The minimum atomic E-state index is -0.102. The summed E-state index contributed by atoms with van der Waals surface area (Å²) in [6.07, 6.45) is 2.12. The second-order valence-electron chi connectivity index (χ2n) is 7.66. The molecule has 1 amide bonds. The van der Waals surface area contributed by atoms with Crippen LogP contribution in [0.5, 0.6) is 17.2 Å². The maximum absolute atomic E-state index is 13.1. The van der Waals surface area contributed by atoms with E-state index in [0.29, 0.717) is 24.7 Å². The lowest BCUT2D eigenvalue weighted by Gasteiger charge is -2.30. The molecule has 1 aliphatic heterocycles. The predicted molar refractivity (Wildman–Crippen MR) is 125 cm³/mol. The molecule has 0 bridgehead atoms. The van der Waals surface area contributed by atoms with Crippen molar-refractivity contribution < 1.29 is 23.7 Å². The van der Waals surface area contributed by atoms with Gasteiger partial charge in [0.25, 0.3) is 5.91 Å². The van der Waals surface area contributed by atoms with Gasteiger partial charge < -0.3 is 23.8 Å².